The molecule has 0 aliphatic rings. The molecule has 0 saturated carbocycles. The molecule has 0 aliphatic carbocycles. The van der Waals surface area contributed by atoms with Gasteiger partial charge in [-0.25, -0.2) is 4.68 Å². The Hall–Kier alpha value is -2.51. The Morgan fingerprint density at radius 2 is 2.04 bits per heavy atom. The van der Waals surface area contributed by atoms with Crippen molar-refractivity contribution in [3.05, 3.63) is 57.6 Å². The van der Waals surface area contributed by atoms with Crippen molar-refractivity contribution < 1.29 is 9.53 Å². The van der Waals surface area contributed by atoms with E-state index in [1.807, 2.05) is 13.8 Å². The van der Waals surface area contributed by atoms with Crippen molar-refractivity contribution in [3.63, 3.8) is 0 Å². The highest BCUT2D eigenvalue weighted by atomic mass is 35.5. The van der Waals surface area contributed by atoms with Crippen LogP contribution >= 0.6 is 23.2 Å². The molecule has 0 fully saturated rings. The standard InChI is InChI=1S/C17H17Cl2N5O2/c1-10-16(21-17(25)14-6-7-20-23(14)3)11(2)24(22-10)9-26-15-5-4-12(18)8-13(15)19/h4-8H,9H2,1-3H3,(H,21,25). The van der Waals surface area contributed by atoms with Gasteiger partial charge in [-0.3, -0.25) is 9.48 Å². The molecule has 0 saturated heterocycles. The number of nitrogens with zero attached hydrogens (tertiary/aromatic N) is 4. The average Bonchev–Trinajstić information content (AvgIpc) is 3.12. The van der Waals surface area contributed by atoms with E-state index in [1.165, 1.54) is 4.68 Å². The van der Waals surface area contributed by atoms with Crippen molar-refractivity contribution in [3.8, 4) is 5.75 Å². The van der Waals surface area contributed by atoms with Gasteiger partial charge >= 0.3 is 0 Å². The molecule has 1 amide bonds. The fourth-order valence-corrected chi connectivity index (χ4v) is 2.96. The van der Waals surface area contributed by atoms with Crippen LogP contribution in [0.3, 0.4) is 0 Å². The number of carbonyl (C=O) groups excluding carboxylic acids is 1. The summed E-state index contributed by atoms with van der Waals surface area (Å²) in [5.41, 5.74) is 2.55. The van der Waals surface area contributed by atoms with E-state index in [0.717, 1.165) is 5.69 Å². The number of aryl methyl sites for hydroxylation is 2. The highest BCUT2D eigenvalue weighted by molar-refractivity contribution is 6.35. The SMILES string of the molecule is Cc1nn(COc2ccc(Cl)cc2Cl)c(C)c1NC(=O)c1ccnn1C. The zero-order chi connectivity index (χ0) is 18.8. The van der Waals surface area contributed by atoms with E-state index >= 15 is 0 Å². The summed E-state index contributed by atoms with van der Waals surface area (Å²) in [4.78, 5) is 12.4. The molecule has 2 aromatic heterocycles. The van der Waals surface area contributed by atoms with Crippen molar-refractivity contribution in [1.29, 1.82) is 0 Å². The third-order valence-corrected chi connectivity index (χ3v) is 4.44. The third-order valence-electron chi connectivity index (χ3n) is 3.91. The lowest BCUT2D eigenvalue weighted by Gasteiger charge is -2.10. The molecule has 0 bridgehead atoms. The quantitative estimate of drug-likeness (QED) is 0.714. The first kappa shape index (κ1) is 18.3. The number of benzene rings is 1. The van der Waals surface area contributed by atoms with Crippen LogP contribution < -0.4 is 10.1 Å². The van der Waals surface area contributed by atoms with Gasteiger partial charge in [0.1, 0.15) is 11.4 Å². The van der Waals surface area contributed by atoms with Gasteiger partial charge in [0.2, 0.25) is 0 Å². The number of hydrogen-bond donors (Lipinski definition) is 1. The summed E-state index contributed by atoms with van der Waals surface area (Å²) in [6.45, 7) is 3.82. The van der Waals surface area contributed by atoms with Crippen LogP contribution in [0.5, 0.6) is 5.75 Å². The molecule has 7 nitrogen and oxygen atoms in total. The van der Waals surface area contributed by atoms with Gasteiger partial charge in [0.15, 0.2) is 6.73 Å². The molecule has 3 aromatic rings. The number of hydrogen-bond acceptors (Lipinski definition) is 4. The van der Waals surface area contributed by atoms with E-state index in [4.69, 9.17) is 27.9 Å². The Labute approximate surface area is 160 Å². The van der Waals surface area contributed by atoms with Gasteiger partial charge in [-0.05, 0) is 38.1 Å². The molecule has 0 radical (unpaired) electrons. The Bertz CT molecular complexity index is 964. The monoisotopic (exact) mass is 393 g/mol. The van der Waals surface area contributed by atoms with Crippen molar-refractivity contribution in [2.24, 2.45) is 7.05 Å². The lowest BCUT2D eigenvalue weighted by Crippen LogP contribution is -2.17. The van der Waals surface area contributed by atoms with Crippen LogP contribution in [0.1, 0.15) is 21.9 Å². The van der Waals surface area contributed by atoms with Gasteiger partial charge in [0.25, 0.3) is 5.91 Å². The minimum absolute atomic E-state index is 0.148. The summed E-state index contributed by atoms with van der Waals surface area (Å²) >= 11 is 12.0. The van der Waals surface area contributed by atoms with E-state index in [1.54, 1.807) is 42.2 Å². The molecular weight excluding hydrogens is 377 g/mol. The fourth-order valence-electron chi connectivity index (χ4n) is 2.50. The zero-order valence-corrected chi connectivity index (χ0v) is 16.0. The fraction of sp³-hybridized carbons (Fsp3) is 0.235. The minimum atomic E-state index is -0.252. The van der Waals surface area contributed by atoms with Gasteiger partial charge in [0.05, 0.1) is 22.1 Å². The minimum Gasteiger partial charge on any atom is -0.470 e. The number of ether oxygens (including phenoxy) is 1. The topological polar surface area (TPSA) is 74.0 Å². The van der Waals surface area contributed by atoms with Crippen LogP contribution in [0.25, 0.3) is 0 Å². The van der Waals surface area contributed by atoms with Gasteiger partial charge in [-0.1, -0.05) is 23.2 Å². The molecule has 0 spiro atoms. The van der Waals surface area contributed by atoms with Crippen LogP contribution in [-0.2, 0) is 13.8 Å². The van der Waals surface area contributed by atoms with Crippen molar-refractivity contribution >= 4 is 34.8 Å². The van der Waals surface area contributed by atoms with Crippen molar-refractivity contribution in [2.75, 3.05) is 5.32 Å². The number of amides is 1. The molecule has 26 heavy (non-hydrogen) atoms. The molecule has 9 heteroatoms. The summed E-state index contributed by atoms with van der Waals surface area (Å²) in [7, 11) is 1.71. The first-order valence-corrected chi connectivity index (χ1v) is 8.53. The van der Waals surface area contributed by atoms with Gasteiger partial charge < -0.3 is 10.1 Å². The number of aromatic nitrogens is 4. The molecule has 0 aliphatic heterocycles. The van der Waals surface area contributed by atoms with Gasteiger partial charge in [-0.15, -0.1) is 0 Å². The molecule has 136 valence electrons. The second-order valence-corrected chi connectivity index (χ2v) is 6.53. The molecule has 1 N–H and O–H groups in total. The Kier molecular flexibility index (Phi) is 5.20. The van der Waals surface area contributed by atoms with Crippen LogP contribution in [-0.4, -0.2) is 25.5 Å². The Morgan fingerprint density at radius 1 is 1.27 bits per heavy atom. The van der Waals surface area contributed by atoms with E-state index in [-0.39, 0.29) is 12.6 Å². The molecule has 0 unspecified atom stereocenters. The smallest absolute Gasteiger partial charge is 0.274 e. The first-order valence-electron chi connectivity index (χ1n) is 7.78. The maximum absolute atomic E-state index is 12.4. The second kappa shape index (κ2) is 7.39. The largest absolute Gasteiger partial charge is 0.470 e. The number of carbonyl (C=O) groups is 1. The predicted molar refractivity (Wildman–Crippen MR) is 100.0 cm³/mol. The summed E-state index contributed by atoms with van der Waals surface area (Å²) in [5, 5.41) is 12.2. The van der Waals surface area contributed by atoms with Crippen LogP contribution in [0, 0.1) is 13.8 Å². The molecule has 1 aromatic carbocycles. The highest BCUT2D eigenvalue weighted by Crippen LogP contribution is 2.28. The summed E-state index contributed by atoms with van der Waals surface area (Å²) in [5.74, 6) is 0.251. The van der Waals surface area contributed by atoms with Crippen LogP contribution in [0.2, 0.25) is 10.0 Å². The van der Waals surface area contributed by atoms with Gasteiger partial charge in [0, 0.05) is 18.3 Å². The lowest BCUT2D eigenvalue weighted by atomic mass is 10.3. The zero-order valence-electron chi connectivity index (χ0n) is 14.5. The molecule has 0 atom stereocenters. The van der Waals surface area contributed by atoms with E-state index in [0.29, 0.717) is 32.9 Å². The predicted octanol–water partition coefficient (Wildman–Crippen LogP) is 3.83. The Morgan fingerprint density at radius 3 is 2.69 bits per heavy atom. The normalized spacial score (nSPS) is 10.8. The average molecular weight is 394 g/mol. The summed E-state index contributed by atoms with van der Waals surface area (Å²) in [6.07, 6.45) is 1.57. The van der Waals surface area contributed by atoms with Crippen LogP contribution in [0.4, 0.5) is 5.69 Å². The summed E-state index contributed by atoms with van der Waals surface area (Å²) in [6, 6.07) is 6.65. The second-order valence-electron chi connectivity index (χ2n) is 5.69. The third kappa shape index (κ3) is 3.68. The number of halogens is 2. The molecule has 3 rings (SSSR count). The van der Waals surface area contributed by atoms with Gasteiger partial charge in [-0.2, -0.15) is 10.2 Å². The number of nitrogens with one attached hydrogen (secondary N) is 1. The molecule has 2 heterocycles. The van der Waals surface area contributed by atoms with E-state index < -0.39 is 0 Å². The Balaban J connectivity index is 1.75. The summed E-state index contributed by atoms with van der Waals surface area (Å²) < 4.78 is 8.87. The van der Waals surface area contributed by atoms with E-state index in [9.17, 15) is 4.79 Å². The van der Waals surface area contributed by atoms with Crippen molar-refractivity contribution in [1.82, 2.24) is 19.6 Å². The maximum atomic E-state index is 12.4. The number of rotatable bonds is 5. The highest BCUT2D eigenvalue weighted by Gasteiger charge is 2.17. The van der Waals surface area contributed by atoms with Crippen LogP contribution in [0.15, 0.2) is 30.5 Å². The lowest BCUT2D eigenvalue weighted by molar-refractivity contribution is 0.101. The first-order chi connectivity index (χ1) is 12.4. The maximum Gasteiger partial charge on any atom is 0.274 e. The van der Waals surface area contributed by atoms with Crippen molar-refractivity contribution in [2.45, 2.75) is 20.6 Å². The van der Waals surface area contributed by atoms with E-state index in [2.05, 4.69) is 15.5 Å². The molecular formula is C17H17Cl2N5O2. The number of anilines is 1.